The molecule has 0 radical (unpaired) electrons. The number of Topliss-reactive ketones (excluding diaryl/α,β-unsaturated/α-hetero) is 1. The Labute approximate surface area is 67.2 Å². The molecule has 11 heavy (non-hydrogen) atoms. The zero-order valence-electron chi connectivity index (χ0n) is 7.31. The second-order valence-electron chi connectivity index (χ2n) is 2.92. The van der Waals surface area contributed by atoms with Crippen molar-refractivity contribution in [1.82, 2.24) is 5.32 Å². The molecule has 0 aromatic rings. The fraction of sp³-hybridized carbons (Fsp3) is 0.750. The number of amides is 1. The van der Waals surface area contributed by atoms with Gasteiger partial charge in [-0.2, -0.15) is 0 Å². The summed E-state index contributed by atoms with van der Waals surface area (Å²) in [6.07, 6.45) is 0.659. The Morgan fingerprint density at radius 2 is 1.82 bits per heavy atom. The Morgan fingerprint density at radius 1 is 1.27 bits per heavy atom. The molecule has 3 nitrogen and oxygen atoms in total. The van der Waals surface area contributed by atoms with E-state index in [1.54, 1.807) is 0 Å². The van der Waals surface area contributed by atoms with E-state index in [0.29, 0.717) is 12.8 Å². The van der Waals surface area contributed by atoms with Gasteiger partial charge in [0, 0.05) is 18.9 Å². The van der Waals surface area contributed by atoms with Gasteiger partial charge in [-0.3, -0.25) is 4.79 Å². The van der Waals surface area contributed by atoms with E-state index in [4.69, 9.17) is 0 Å². The minimum Gasteiger partial charge on any atom is -0.354 e. The standard InChI is InChI=1S/C8H15NO2/c1-6(2)9-8(11)5-4-7(3)10/h6H,4-5H2,1-3H3,(H,9,11). The lowest BCUT2D eigenvalue weighted by Crippen LogP contribution is -2.30. The number of carbonyl (C=O) groups excluding carboxylic acids is 2. The Morgan fingerprint density at radius 3 is 2.18 bits per heavy atom. The Balaban J connectivity index is 3.45. The number of ketones is 1. The van der Waals surface area contributed by atoms with E-state index in [2.05, 4.69) is 5.32 Å². The maximum atomic E-state index is 10.9. The van der Waals surface area contributed by atoms with Gasteiger partial charge in [0.2, 0.25) is 5.91 Å². The molecule has 0 aliphatic carbocycles. The lowest BCUT2D eigenvalue weighted by molar-refractivity contribution is -0.125. The van der Waals surface area contributed by atoms with Gasteiger partial charge in [-0.25, -0.2) is 0 Å². The van der Waals surface area contributed by atoms with E-state index in [-0.39, 0.29) is 17.7 Å². The summed E-state index contributed by atoms with van der Waals surface area (Å²) in [6, 6.07) is 0.162. The van der Waals surface area contributed by atoms with E-state index in [0.717, 1.165) is 0 Å². The molecule has 0 bridgehead atoms. The Bertz CT molecular complexity index is 152. The molecule has 0 saturated carbocycles. The minimum atomic E-state index is -0.0461. The third kappa shape index (κ3) is 7.03. The Hall–Kier alpha value is -0.860. The van der Waals surface area contributed by atoms with Gasteiger partial charge in [-0.15, -0.1) is 0 Å². The zero-order chi connectivity index (χ0) is 8.85. The van der Waals surface area contributed by atoms with Crippen LogP contribution in [0.4, 0.5) is 0 Å². The van der Waals surface area contributed by atoms with Crippen molar-refractivity contribution in [1.29, 1.82) is 0 Å². The van der Waals surface area contributed by atoms with Crippen molar-refractivity contribution in [3.8, 4) is 0 Å². The van der Waals surface area contributed by atoms with Crippen molar-refractivity contribution >= 4 is 11.7 Å². The maximum Gasteiger partial charge on any atom is 0.220 e. The second-order valence-corrected chi connectivity index (χ2v) is 2.92. The summed E-state index contributed by atoms with van der Waals surface area (Å²) in [6.45, 7) is 5.28. The van der Waals surface area contributed by atoms with Crippen molar-refractivity contribution in [2.45, 2.75) is 39.7 Å². The molecule has 64 valence electrons. The molecular weight excluding hydrogens is 142 g/mol. The summed E-state index contributed by atoms with van der Waals surface area (Å²) in [5, 5.41) is 2.71. The largest absolute Gasteiger partial charge is 0.354 e. The predicted octanol–water partition coefficient (Wildman–Crippen LogP) is 0.880. The molecule has 0 aromatic heterocycles. The monoisotopic (exact) mass is 157 g/mol. The third-order valence-electron chi connectivity index (χ3n) is 1.15. The molecule has 0 atom stereocenters. The lowest BCUT2D eigenvalue weighted by atomic mass is 10.2. The average Bonchev–Trinajstić information content (AvgIpc) is 1.82. The summed E-state index contributed by atoms with van der Waals surface area (Å²) in [5.41, 5.74) is 0. The van der Waals surface area contributed by atoms with Crippen LogP contribution in [0.1, 0.15) is 33.6 Å². The molecule has 0 heterocycles. The molecule has 0 saturated heterocycles. The third-order valence-corrected chi connectivity index (χ3v) is 1.15. The van der Waals surface area contributed by atoms with Crippen molar-refractivity contribution in [2.24, 2.45) is 0 Å². The molecule has 3 heteroatoms. The van der Waals surface area contributed by atoms with Gasteiger partial charge >= 0.3 is 0 Å². The fourth-order valence-electron chi connectivity index (χ4n) is 0.684. The van der Waals surface area contributed by atoms with Gasteiger partial charge in [-0.1, -0.05) is 0 Å². The molecule has 0 aliphatic rings. The van der Waals surface area contributed by atoms with Crippen LogP contribution in [0.25, 0.3) is 0 Å². The van der Waals surface area contributed by atoms with Crippen LogP contribution < -0.4 is 5.32 Å². The maximum absolute atomic E-state index is 10.9. The highest BCUT2D eigenvalue weighted by Crippen LogP contribution is 1.90. The van der Waals surface area contributed by atoms with Gasteiger partial charge in [-0.05, 0) is 20.8 Å². The van der Waals surface area contributed by atoms with Gasteiger partial charge in [0.1, 0.15) is 5.78 Å². The summed E-state index contributed by atoms with van der Waals surface area (Å²) in [4.78, 5) is 21.3. The normalized spacial score (nSPS) is 9.82. The molecule has 1 N–H and O–H groups in total. The van der Waals surface area contributed by atoms with Crippen LogP contribution in [0.5, 0.6) is 0 Å². The van der Waals surface area contributed by atoms with Gasteiger partial charge in [0.15, 0.2) is 0 Å². The first-order valence-corrected chi connectivity index (χ1v) is 3.81. The van der Waals surface area contributed by atoms with Gasteiger partial charge in [0.25, 0.3) is 0 Å². The SMILES string of the molecule is CC(=O)CCC(=O)NC(C)C. The number of hydrogen-bond acceptors (Lipinski definition) is 2. The van der Waals surface area contributed by atoms with Crippen LogP contribution in [0.2, 0.25) is 0 Å². The van der Waals surface area contributed by atoms with Crippen LogP contribution in [0.15, 0.2) is 0 Å². The number of carbonyl (C=O) groups is 2. The second kappa shape index (κ2) is 4.88. The molecule has 0 aromatic carbocycles. The van der Waals surface area contributed by atoms with Gasteiger partial charge in [0.05, 0.1) is 0 Å². The first-order valence-electron chi connectivity index (χ1n) is 3.81. The number of nitrogens with one attached hydrogen (secondary N) is 1. The lowest BCUT2D eigenvalue weighted by Gasteiger charge is -2.06. The first-order chi connectivity index (χ1) is 5.02. The van der Waals surface area contributed by atoms with Crippen LogP contribution in [-0.2, 0) is 9.59 Å². The topological polar surface area (TPSA) is 46.2 Å². The van der Waals surface area contributed by atoms with E-state index < -0.39 is 0 Å². The predicted molar refractivity (Wildman–Crippen MR) is 43.2 cm³/mol. The summed E-state index contributed by atoms with van der Waals surface area (Å²) in [5.74, 6) is 0.0131. The first kappa shape index (κ1) is 10.1. The van der Waals surface area contributed by atoms with E-state index >= 15 is 0 Å². The number of rotatable bonds is 4. The van der Waals surface area contributed by atoms with Crippen molar-refractivity contribution in [3.05, 3.63) is 0 Å². The van der Waals surface area contributed by atoms with E-state index in [9.17, 15) is 9.59 Å². The van der Waals surface area contributed by atoms with Crippen molar-refractivity contribution in [3.63, 3.8) is 0 Å². The van der Waals surface area contributed by atoms with Crippen molar-refractivity contribution in [2.75, 3.05) is 0 Å². The van der Waals surface area contributed by atoms with Gasteiger partial charge < -0.3 is 10.1 Å². The average molecular weight is 157 g/mol. The smallest absolute Gasteiger partial charge is 0.220 e. The molecule has 0 fully saturated rings. The zero-order valence-corrected chi connectivity index (χ0v) is 7.31. The van der Waals surface area contributed by atoms with Crippen LogP contribution in [0, 0.1) is 0 Å². The minimum absolute atomic E-state index is 0.0461. The molecule has 1 amide bonds. The quantitative estimate of drug-likeness (QED) is 0.658. The molecule has 0 aliphatic heterocycles. The molecule has 0 spiro atoms. The van der Waals surface area contributed by atoms with E-state index in [1.807, 2.05) is 13.8 Å². The molecule has 0 rings (SSSR count). The fourth-order valence-corrected chi connectivity index (χ4v) is 0.684. The highest BCUT2D eigenvalue weighted by Gasteiger charge is 2.03. The summed E-state index contributed by atoms with van der Waals surface area (Å²) < 4.78 is 0. The summed E-state index contributed by atoms with van der Waals surface area (Å²) in [7, 11) is 0. The van der Waals surface area contributed by atoms with E-state index in [1.165, 1.54) is 6.92 Å². The van der Waals surface area contributed by atoms with Crippen LogP contribution in [0.3, 0.4) is 0 Å². The van der Waals surface area contributed by atoms with Crippen LogP contribution in [-0.4, -0.2) is 17.7 Å². The highest BCUT2D eigenvalue weighted by atomic mass is 16.2. The highest BCUT2D eigenvalue weighted by molar-refractivity contribution is 5.83. The summed E-state index contributed by atoms with van der Waals surface area (Å²) >= 11 is 0. The number of hydrogen-bond donors (Lipinski definition) is 1. The van der Waals surface area contributed by atoms with Crippen molar-refractivity contribution < 1.29 is 9.59 Å². The molecule has 0 unspecified atom stereocenters. The Kier molecular flexibility index (Phi) is 4.50. The van der Waals surface area contributed by atoms with Crippen LogP contribution >= 0.6 is 0 Å². The molecular formula is C8H15NO2.